The molecule has 2 rings (SSSR count). The van der Waals surface area contributed by atoms with Crippen molar-refractivity contribution in [1.82, 2.24) is 10.2 Å². The Balaban J connectivity index is 2.46. The number of hydrogen-bond acceptors (Lipinski definition) is 10. The van der Waals surface area contributed by atoms with Gasteiger partial charge in [-0.3, -0.25) is 0 Å². The molecule has 0 saturated carbocycles. The van der Waals surface area contributed by atoms with Crippen molar-refractivity contribution in [1.29, 1.82) is 0 Å². The van der Waals surface area contributed by atoms with Crippen molar-refractivity contribution in [3.63, 3.8) is 0 Å². The Bertz CT molecular complexity index is 966. The first-order chi connectivity index (χ1) is 19.1. The average Bonchev–Trinajstić information content (AvgIpc) is 2.91. The van der Waals surface area contributed by atoms with Gasteiger partial charge in [0.05, 0.1) is 23.4 Å². The van der Waals surface area contributed by atoms with Gasteiger partial charge in [-0.05, 0) is 40.8 Å². The largest absolute Gasteiger partial charge is 0.456 e. The number of aldehydes is 1. The molecule has 2 aliphatic heterocycles. The van der Waals surface area contributed by atoms with Crippen LogP contribution in [0.25, 0.3) is 0 Å². The SMILES string of the molecule is C=CCOC(=O)NC[C@@H]1CC(N(C)C)[C@@H](C)[C@H](O[C@H]([C@@H](C)C2=C(C)C(=O)OC(C)(C)O2)[C@@](C)(C[C@@H](C)C=O)OC)O1. The van der Waals surface area contributed by atoms with Crippen molar-refractivity contribution < 1.29 is 42.8 Å². The van der Waals surface area contributed by atoms with Crippen LogP contribution in [0.3, 0.4) is 0 Å². The van der Waals surface area contributed by atoms with Crippen LogP contribution in [-0.4, -0.2) is 93.5 Å². The molecule has 1 amide bonds. The third-order valence-corrected chi connectivity index (χ3v) is 7.88. The van der Waals surface area contributed by atoms with Gasteiger partial charge in [-0.1, -0.05) is 33.4 Å². The van der Waals surface area contributed by atoms with Gasteiger partial charge >= 0.3 is 12.1 Å². The number of rotatable bonds is 14. The Kier molecular flexibility index (Phi) is 12.4. The van der Waals surface area contributed by atoms with Crippen LogP contribution in [0, 0.1) is 17.8 Å². The average molecular weight is 583 g/mol. The summed E-state index contributed by atoms with van der Waals surface area (Å²) in [6.45, 7) is 16.6. The zero-order chi connectivity index (χ0) is 31.1. The number of nitrogens with zero attached hydrogens (tertiary/aromatic N) is 1. The maximum absolute atomic E-state index is 12.7. The number of alkyl carbamates (subject to hydrolysis) is 1. The number of cyclic esters (lactones) is 1. The second-order valence-corrected chi connectivity index (χ2v) is 12.1. The summed E-state index contributed by atoms with van der Waals surface area (Å²) < 4.78 is 36.0. The fourth-order valence-electron chi connectivity index (χ4n) is 5.66. The van der Waals surface area contributed by atoms with E-state index in [2.05, 4.69) is 23.7 Å². The molecule has 11 heteroatoms. The molecule has 11 nitrogen and oxygen atoms in total. The van der Waals surface area contributed by atoms with Gasteiger partial charge in [0.1, 0.15) is 18.7 Å². The molecule has 0 spiro atoms. The standard InChI is InChI=1S/C30H50N2O9/c1-12-13-37-28(35)31-16-22-14-23(32(9)10)19(3)27(38-22)39-25(30(8,36-11)15-18(2)17-33)20(4)24-21(5)26(34)41-29(6,7)40-24/h12,17-20,22-23,25,27H,1,13-16H2,2-11H3,(H,31,35)/t18-,19-,20+,22+,23?,25-,27+,30-/m1/s1. The molecule has 0 aromatic heterocycles. The Labute approximate surface area is 244 Å². The molecule has 0 bridgehead atoms. The monoisotopic (exact) mass is 582 g/mol. The summed E-state index contributed by atoms with van der Waals surface area (Å²) in [6, 6.07) is 0.0733. The summed E-state index contributed by atoms with van der Waals surface area (Å²) in [4.78, 5) is 38.6. The molecule has 1 fully saturated rings. The maximum atomic E-state index is 12.7. The smallest absolute Gasteiger partial charge is 0.407 e. The predicted octanol–water partition coefficient (Wildman–Crippen LogP) is 3.81. The third kappa shape index (κ3) is 9.01. The van der Waals surface area contributed by atoms with Gasteiger partial charge in [-0.15, -0.1) is 0 Å². The number of methoxy groups -OCH3 is 1. The lowest BCUT2D eigenvalue weighted by atomic mass is 9.80. The molecule has 0 radical (unpaired) electrons. The molecule has 1 saturated heterocycles. The molecule has 234 valence electrons. The van der Waals surface area contributed by atoms with E-state index in [-0.39, 0.29) is 37.1 Å². The van der Waals surface area contributed by atoms with E-state index in [4.69, 9.17) is 28.4 Å². The lowest BCUT2D eigenvalue weighted by Crippen LogP contribution is -2.57. The maximum Gasteiger partial charge on any atom is 0.407 e. The van der Waals surface area contributed by atoms with E-state index in [1.165, 1.54) is 6.08 Å². The number of nitrogens with one attached hydrogen (secondary N) is 1. The van der Waals surface area contributed by atoms with E-state index in [9.17, 15) is 14.4 Å². The van der Waals surface area contributed by atoms with Gasteiger partial charge in [0.2, 0.25) is 5.79 Å². The number of esters is 1. The molecule has 0 aliphatic carbocycles. The Hall–Kier alpha value is -2.47. The van der Waals surface area contributed by atoms with Crippen LogP contribution >= 0.6 is 0 Å². The summed E-state index contributed by atoms with van der Waals surface area (Å²) in [5.41, 5.74) is -0.616. The third-order valence-electron chi connectivity index (χ3n) is 7.88. The van der Waals surface area contributed by atoms with Gasteiger partial charge in [-0.25, -0.2) is 9.59 Å². The first-order valence-corrected chi connectivity index (χ1v) is 14.2. The van der Waals surface area contributed by atoms with Crippen LogP contribution in [0.5, 0.6) is 0 Å². The Morgan fingerprint density at radius 2 is 1.95 bits per heavy atom. The minimum absolute atomic E-state index is 0.0722. The van der Waals surface area contributed by atoms with E-state index in [0.717, 1.165) is 6.29 Å². The number of amides is 1. The van der Waals surface area contributed by atoms with Crippen LogP contribution in [0.2, 0.25) is 0 Å². The number of hydrogen-bond donors (Lipinski definition) is 1. The van der Waals surface area contributed by atoms with E-state index in [0.29, 0.717) is 24.2 Å². The van der Waals surface area contributed by atoms with Gasteiger partial charge in [0.25, 0.3) is 0 Å². The van der Waals surface area contributed by atoms with Crippen LogP contribution in [0.4, 0.5) is 4.79 Å². The fourth-order valence-corrected chi connectivity index (χ4v) is 5.66. The lowest BCUT2D eigenvalue weighted by molar-refractivity contribution is -0.286. The van der Waals surface area contributed by atoms with E-state index >= 15 is 0 Å². The normalized spacial score (nSPS) is 28.0. The topological polar surface area (TPSA) is 122 Å². The Morgan fingerprint density at radius 3 is 2.51 bits per heavy atom. The minimum Gasteiger partial charge on any atom is -0.456 e. The quantitative estimate of drug-likeness (QED) is 0.184. The summed E-state index contributed by atoms with van der Waals surface area (Å²) in [7, 11) is 5.57. The zero-order valence-electron chi connectivity index (χ0n) is 26.4. The molecule has 2 aliphatic rings. The minimum atomic E-state index is -1.16. The van der Waals surface area contributed by atoms with Gasteiger partial charge < -0.3 is 43.4 Å². The predicted molar refractivity (Wildman–Crippen MR) is 153 cm³/mol. The molecule has 8 atom stereocenters. The van der Waals surface area contributed by atoms with E-state index < -0.39 is 41.8 Å². The molecule has 0 aromatic carbocycles. The highest BCUT2D eigenvalue weighted by atomic mass is 16.7. The van der Waals surface area contributed by atoms with Gasteiger partial charge in [0.15, 0.2) is 6.29 Å². The number of carbonyl (C=O) groups excluding carboxylic acids is 3. The van der Waals surface area contributed by atoms with Crippen molar-refractivity contribution in [2.45, 2.75) is 97.2 Å². The van der Waals surface area contributed by atoms with Crippen LogP contribution in [0.15, 0.2) is 24.0 Å². The van der Waals surface area contributed by atoms with Gasteiger partial charge in [0, 0.05) is 51.3 Å². The van der Waals surface area contributed by atoms with Crippen molar-refractivity contribution in [2.75, 3.05) is 34.4 Å². The van der Waals surface area contributed by atoms with Crippen molar-refractivity contribution >= 4 is 18.3 Å². The summed E-state index contributed by atoms with van der Waals surface area (Å²) >= 11 is 0. The lowest BCUT2D eigenvalue weighted by Gasteiger charge is -2.48. The highest BCUT2D eigenvalue weighted by Crippen LogP contribution is 2.41. The summed E-state index contributed by atoms with van der Waals surface area (Å²) in [6.07, 6.45) is 1.09. The number of carbonyl (C=O) groups is 3. The van der Waals surface area contributed by atoms with E-state index in [1.54, 1.807) is 27.9 Å². The highest BCUT2D eigenvalue weighted by molar-refractivity contribution is 5.89. The second kappa shape index (κ2) is 14.6. The Morgan fingerprint density at radius 1 is 1.29 bits per heavy atom. The first kappa shape index (κ1) is 34.7. The molecule has 1 unspecified atom stereocenters. The van der Waals surface area contributed by atoms with Crippen molar-refractivity contribution in [2.24, 2.45) is 17.8 Å². The number of ether oxygens (including phenoxy) is 6. The summed E-state index contributed by atoms with van der Waals surface area (Å²) in [5.74, 6) is -2.06. The molecule has 41 heavy (non-hydrogen) atoms. The first-order valence-electron chi connectivity index (χ1n) is 14.2. The van der Waals surface area contributed by atoms with Crippen LogP contribution < -0.4 is 5.32 Å². The van der Waals surface area contributed by atoms with Crippen LogP contribution in [0.1, 0.15) is 61.3 Å². The van der Waals surface area contributed by atoms with Crippen molar-refractivity contribution in [3.8, 4) is 0 Å². The molecule has 1 N–H and O–H groups in total. The second-order valence-electron chi connectivity index (χ2n) is 12.1. The van der Waals surface area contributed by atoms with Crippen LogP contribution in [-0.2, 0) is 38.0 Å². The van der Waals surface area contributed by atoms with Crippen molar-refractivity contribution in [3.05, 3.63) is 24.0 Å². The fraction of sp³-hybridized carbons (Fsp3) is 0.767. The molecular weight excluding hydrogens is 532 g/mol. The zero-order valence-corrected chi connectivity index (χ0v) is 26.4. The molecular formula is C30H50N2O9. The molecule has 0 aromatic rings. The van der Waals surface area contributed by atoms with Gasteiger partial charge in [-0.2, -0.15) is 0 Å². The summed E-state index contributed by atoms with van der Waals surface area (Å²) in [5, 5.41) is 2.75. The van der Waals surface area contributed by atoms with E-state index in [1.807, 2.05) is 34.9 Å². The highest BCUT2D eigenvalue weighted by Gasteiger charge is 2.49. The molecule has 2 heterocycles.